The number of anilines is 1. The first kappa shape index (κ1) is 15.9. The number of hydrogen-bond acceptors (Lipinski definition) is 2. The van der Waals surface area contributed by atoms with Crippen LogP contribution >= 0.6 is 11.6 Å². The van der Waals surface area contributed by atoms with E-state index in [-0.39, 0.29) is 12.1 Å². The number of carbonyl (C=O) groups excluding carboxylic acids is 1. The van der Waals surface area contributed by atoms with Crippen molar-refractivity contribution in [3.63, 3.8) is 0 Å². The molecule has 1 fully saturated rings. The minimum absolute atomic E-state index is 0.0805. The molecule has 2 amide bonds. The van der Waals surface area contributed by atoms with Gasteiger partial charge in [0, 0.05) is 30.0 Å². The standard InChI is InChI=1S/C17H21ClN4O/c1-3-22-16(9-10-19-22)15-8-5-11-21(15)17(23)20-14-7-4-6-13(18)12(14)2/h4,6-7,9-10,15H,3,5,8,11H2,1-2H3,(H,20,23)/t15-/m0/s1. The Labute approximate surface area is 141 Å². The van der Waals surface area contributed by atoms with E-state index in [1.54, 1.807) is 6.20 Å². The average Bonchev–Trinajstić information content (AvgIpc) is 3.19. The van der Waals surface area contributed by atoms with E-state index in [1.807, 2.05) is 40.8 Å². The molecule has 0 unspecified atom stereocenters. The number of urea groups is 1. The smallest absolute Gasteiger partial charge is 0.316 e. The SMILES string of the molecule is CCn1nccc1[C@@H]1CCCN1C(=O)Nc1cccc(Cl)c1C. The van der Waals surface area contributed by atoms with E-state index in [0.717, 1.165) is 42.9 Å². The summed E-state index contributed by atoms with van der Waals surface area (Å²) in [6, 6.07) is 7.55. The molecule has 23 heavy (non-hydrogen) atoms. The first-order valence-electron chi connectivity index (χ1n) is 7.96. The fourth-order valence-corrected chi connectivity index (χ4v) is 3.31. The van der Waals surface area contributed by atoms with E-state index in [9.17, 15) is 4.79 Å². The maximum Gasteiger partial charge on any atom is 0.322 e. The van der Waals surface area contributed by atoms with E-state index < -0.39 is 0 Å². The van der Waals surface area contributed by atoms with Crippen LogP contribution in [-0.2, 0) is 6.54 Å². The fourth-order valence-electron chi connectivity index (χ4n) is 3.14. The van der Waals surface area contributed by atoms with Crippen LogP contribution in [0.25, 0.3) is 0 Å². The molecule has 6 heteroatoms. The van der Waals surface area contributed by atoms with Gasteiger partial charge in [-0.05, 0) is 50.5 Å². The fraction of sp³-hybridized carbons (Fsp3) is 0.412. The quantitative estimate of drug-likeness (QED) is 0.914. The van der Waals surface area contributed by atoms with Crippen LogP contribution in [0.15, 0.2) is 30.5 Å². The third-order valence-corrected chi connectivity index (χ3v) is 4.82. The van der Waals surface area contributed by atoms with Gasteiger partial charge in [-0.25, -0.2) is 4.79 Å². The molecule has 0 bridgehead atoms. The topological polar surface area (TPSA) is 50.2 Å². The van der Waals surface area contributed by atoms with Gasteiger partial charge < -0.3 is 10.2 Å². The highest BCUT2D eigenvalue weighted by Crippen LogP contribution is 2.33. The van der Waals surface area contributed by atoms with E-state index >= 15 is 0 Å². The summed E-state index contributed by atoms with van der Waals surface area (Å²) >= 11 is 6.13. The van der Waals surface area contributed by atoms with Crippen molar-refractivity contribution in [2.75, 3.05) is 11.9 Å². The van der Waals surface area contributed by atoms with Gasteiger partial charge >= 0.3 is 6.03 Å². The van der Waals surface area contributed by atoms with Gasteiger partial charge in [0.1, 0.15) is 0 Å². The second-order valence-corrected chi connectivity index (χ2v) is 6.17. The lowest BCUT2D eigenvalue weighted by molar-refractivity contribution is 0.204. The molecular formula is C17H21ClN4O. The molecule has 0 aliphatic carbocycles. The normalized spacial score (nSPS) is 17.5. The number of likely N-dealkylation sites (tertiary alicyclic amines) is 1. The number of aryl methyl sites for hydroxylation is 1. The highest BCUT2D eigenvalue weighted by atomic mass is 35.5. The Balaban J connectivity index is 1.80. The van der Waals surface area contributed by atoms with Crippen LogP contribution in [0.4, 0.5) is 10.5 Å². The summed E-state index contributed by atoms with van der Waals surface area (Å²) in [5.74, 6) is 0. The van der Waals surface area contributed by atoms with Gasteiger partial charge in [0.25, 0.3) is 0 Å². The third-order valence-electron chi connectivity index (χ3n) is 4.41. The summed E-state index contributed by atoms with van der Waals surface area (Å²) in [6.45, 7) is 5.53. The molecule has 3 rings (SSSR count). The van der Waals surface area contributed by atoms with Crippen molar-refractivity contribution in [1.82, 2.24) is 14.7 Å². The molecule has 0 spiro atoms. The van der Waals surface area contributed by atoms with Crippen molar-refractivity contribution in [1.29, 1.82) is 0 Å². The largest absolute Gasteiger partial charge is 0.322 e. The Morgan fingerprint density at radius 3 is 3.04 bits per heavy atom. The molecule has 1 aliphatic heterocycles. The number of halogens is 1. The molecule has 2 heterocycles. The highest BCUT2D eigenvalue weighted by Gasteiger charge is 2.32. The molecule has 0 saturated carbocycles. The van der Waals surface area contributed by atoms with E-state index in [1.165, 1.54) is 0 Å². The van der Waals surface area contributed by atoms with Crippen molar-refractivity contribution in [2.45, 2.75) is 39.3 Å². The number of amides is 2. The monoisotopic (exact) mass is 332 g/mol. The molecule has 1 saturated heterocycles. The molecule has 1 aliphatic rings. The van der Waals surface area contributed by atoms with Gasteiger partial charge in [-0.3, -0.25) is 4.68 Å². The van der Waals surface area contributed by atoms with Crippen LogP contribution in [0.5, 0.6) is 0 Å². The Morgan fingerprint density at radius 1 is 1.43 bits per heavy atom. The Kier molecular flexibility index (Phi) is 4.57. The molecule has 1 aromatic heterocycles. The van der Waals surface area contributed by atoms with E-state index in [2.05, 4.69) is 17.3 Å². The number of rotatable bonds is 3. The summed E-state index contributed by atoms with van der Waals surface area (Å²) in [5.41, 5.74) is 2.75. The van der Waals surface area contributed by atoms with Crippen LogP contribution in [0.1, 0.15) is 37.1 Å². The second-order valence-electron chi connectivity index (χ2n) is 5.77. The zero-order chi connectivity index (χ0) is 16.4. The first-order chi connectivity index (χ1) is 11.1. The van der Waals surface area contributed by atoms with Crippen molar-refractivity contribution in [2.24, 2.45) is 0 Å². The zero-order valence-electron chi connectivity index (χ0n) is 13.4. The van der Waals surface area contributed by atoms with Gasteiger partial charge in [-0.1, -0.05) is 17.7 Å². The average molecular weight is 333 g/mol. The summed E-state index contributed by atoms with van der Waals surface area (Å²) in [6.07, 6.45) is 3.77. The predicted octanol–water partition coefficient (Wildman–Crippen LogP) is 4.23. The molecule has 2 aromatic rings. The molecule has 122 valence electrons. The maximum absolute atomic E-state index is 12.7. The molecule has 1 aromatic carbocycles. The van der Waals surface area contributed by atoms with Crippen molar-refractivity contribution < 1.29 is 4.79 Å². The number of aromatic nitrogens is 2. The van der Waals surface area contributed by atoms with Crippen LogP contribution < -0.4 is 5.32 Å². The lowest BCUT2D eigenvalue weighted by Gasteiger charge is -2.26. The van der Waals surface area contributed by atoms with Gasteiger partial charge in [-0.2, -0.15) is 5.10 Å². The molecule has 1 N–H and O–H groups in total. The first-order valence-corrected chi connectivity index (χ1v) is 8.34. The second kappa shape index (κ2) is 6.62. The van der Waals surface area contributed by atoms with Crippen LogP contribution in [0, 0.1) is 6.92 Å². The minimum atomic E-state index is -0.0817. The van der Waals surface area contributed by atoms with Crippen LogP contribution in [0.2, 0.25) is 5.02 Å². The number of carbonyl (C=O) groups is 1. The van der Waals surface area contributed by atoms with Crippen molar-refractivity contribution >= 4 is 23.3 Å². The van der Waals surface area contributed by atoms with Gasteiger partial charge in [0.05, 0.1) is 11.7 Å². The Hall–Kier alpha value is -2.01. The van der Waals surface area contributed by atoms with Crippen LogP contribution in [-0.4, -0.2) is 27.3 Å². The molecule has 5 nitrogen and oxygen atoms in total. The maximum atomic E-state index is 12.7. The number of nitrogens with one attached hydrogen (secondary N) is 1. The highest BCUT2D eigenvalue weighted by molar-refractivity contribution is 6.31. The van der Waals surface area contributed by atoms with Crippen molar-refractivity contribution in [3.8, 4) is 0 Å². The molecule has 0 radical (unpaired) electrons. The van der Waals surface area contributed by atoms with Gasteiger partial charge in [0.15, 0.2) is 0 Å². The van der Waals surface area contributed by atoms with Gasteiger partial charge in [0.2, 0.25) is 0 Å². The summed E-state index contributed by atoms with van der Waals surface area (Å²) in [5, 5.41) is 7.98. The minimum Gasteiger partial charge on any atom is -0.316 e. The molecule has 1 atom stereocenters. The number of hydrogen-bond donors (Lipinski definition) is 1. The zero-order valence-corrected chi connectivity index (χ0v) is 14.2. The number of nitrogens with zero attached hydrogens (tertiary/aromatic N) is 3. The van der Waals surface area contributed by atoms with Gasteiger partial charge in [-0.15, -0.1) is 0 Å². The lowest BCUT2D eigenvalue weighted by atomic mass is 10.1. The lowest BCUT2D eigenvalue weighted by Crippen LogP contribution is -2.35. The predicted molar refractivity (Wildman–Crippen MR) is 91.8 cm³/mol. The number of benzene rings is 1. The Morgan fingerprint density at radius 2 is 2.26 bits per heavy atom. The van der Waals surface area contributed by atoms with E-state index in [4.69, 9.17) is 11.6 Å². The summed E-state index contributed by atoms with van der Waals surface area (Å²) in [4.78, 5) is 14.6. The third kappa shape index (κ3) is 3.06. The van der Waals surface area contributed by atoms with Crippen LogP contribution in [0.3, 0.4) is 0 Å². The summed E-state index contributed by atoms with van der Waals surface area (Å²) in [7, 11) is 0. The Bertz CT molecular complexity index is 712. The van der Waals surface area contributed by atoms with E-state index in [0.29, 0.717) is 5.02 Å². The summed E-state index contributed by atoms with van der Waals surface area (Å²) < 4.78 is 1.96. The van der Waals surface area contributed by atoms with Crippen molar-refractivity contribution in [3.05, 3.63) is 46.7 Å². The molecular weight excluding hydrogens is 312 g/mol.